The van der Waals surface area contributed by atoms with Crippen LogP contribution in [-0.2, 0) is 19.1 Å². The molecule has 0 saturated heterocycles. The summed E-state index contributed by atoms with van der Waals surface area (Å²) in [4.78, 5) is 24.4. The number of ether oxygens (including phenoxy) is 2. The molecule has 0 aliphatic heterocycles. The molecule has 0 bridgehead atoms. The first-order chi connectivity index (χ1) is 29.1. The molecule has 346 valence electrons. The maximum Gasteiger partial charge on any atom is 0.306 e. The molecule has 5 nitrogen and oxygen atoms in total. The van der Waals surface area contributed by atoms with Gasteiger partial charge in [-0.3, -0.25) is 9.59 Å². The summed E-state index contributed by atoms with van der Waals surface area (Å²) >= 11 is 0. The summed E-state index contributed by atoms with van der Waals surface area (Å²) in [6.07, 6.45) is 63.9. The van der Waals surface area contributed by atoms with Crippen LogP contribution in [-0.4, -0.2) is 36.4 Å². The van der Waals surface area contributed by atoms with Crippen LogP contribution in [0.15, 0.2) is 36.5 Å². The number of hydrogen-bond acceptors (Lipinski definition) is 5. The summed E-state index contributed by atoms with van der Waals surface area (Å²) in [7, 11) is 0. The summed E-state index contributed by atoms with van der Waals surface area (Å²) in [5.74, 6) is -0.588. The fourth-order valence-electron chi connectivity index (χ4n) is 7.70. The summed E-state index contributed by atoms with van der Waals surface area (Å²) < 4.78 is 10.7. The molecule has 0 aliphatic carbocycles. The molecule has 0 spiro atoms. The standard InChI is InChI=1S/C54H100O5/c1-3-5-7-9-11-13-15-17-19-21-22-23-24-25-26-27-28-29-30-31-32-33-35-37-39-41-43-45-47-49-54(57)59-52(50-55)51-58-53(56)48-46-44-42-40-38-36-34-20-18-16-14-12-10-8-6-4-2/h15,17,20-22,34,52,55H,3-14,16,18-19,23-33,35-51H2,1-2H3/b17-15-,22-21-,34-20-. The first-order valence-electron chi connectivity index (χ1n) is 26.0. The van der Waals surface area contributed by atoms with Crippen molar-refractivity contribution in [3.8, 4) is 0 Å². The summed E-state index contributed by atoms with van der Waals surface area (Å²) in [6.45, 7) is 4.15. The van der Waals surface area contributed by atoms with Gasteiger partial charge in [-0.05, 0) is 70.6 Å². The van der Waals surface area contributed by atoms with Crippen LogP contribution in [0.4, 0.5) is 0 Å². The lowest BCUT2D eigenvalue weighted by molar-refractivity contribution is -0.161. The van der Waals surface area contributed by atoms with Crippen LogP contribution in [0.5, 0.6) is 0 Å². The quantitative estimate of drug-likeness (QED) is 0.0376. The van der Waals surface area contributed by atoms with Gasteiger partial charge in [-0.25, -0.2) is 0 Å². The van der Waals surface area contributed by atoms with Crippen molar-refractivity contribution < 1.29 is 24.2 Å². The van der Waals surface area contributed by atoms with Crippen LogP contribution in [0.3, 0.4) is 0 Å². The fourth-order valence-corrected chi connectivity index (χ4v) is 7.70. The van der Waals surface area contributed by atoms with Gasteiger partial charge in [0.25, 0.3) is 0 Å². The number of allylic oxidation sites excluding steroid dienone is 6. The minimum atomic E-state index is -0.773. The Bertz CT molecular complexity index is 939. The first kappa shape index (κ1) is 57.1. The maximum atomic E-state index is 12.3. The van der Waals surface area contributed by atoms with E-state index in [1.165, 1.54) is 199 Å². The Morgan fingerprint density at radius 1 is 0.390 bits per heavy atom. The third kappa shape index (κ3) is 48.7. The second-order valence-electron chi connectivity index (χ2n) is 17.6. The molecule has 0 aromatic rings. The number of aliphatic hydroxyl groups excluding tert-OH is 1. The van der Waals surface area contributed by atoms with E-state index >= 15 is 0 Å². The highest BCUT2D eigenvalue weighted by molar-refractivity contribution is 5.70. The summed E-state index contributed by atoms with van der Waals surface area (Å²) in [6, 6.07) is 0. The lowest BCUT2D eigenvalue weighted by Crippen LogP contribution is -2.28. The molecule has 0 heterocycles. The van der Waals surface area contributed by atoms with Crippen molar-refractivity contribution in [1.29, 1.82) is 0 Å². The van der Waals surface area contributed by atoms with Gasteiger partial charge in [-0.15, -0.1) is 0 Å². The zero-order valence-electron chi connectivity index (χ0n) is 39.5. The van der Waals surface area contributed by atoms with Gasteiger partial charge in [0.2, 0.25) is 0 Å². The Morgan fingerprint density at radius 3 is 1.02 bits per heavy atom. The molecule has 59 heavy (non-hydrogen) atoms. The van der Waals surface area contributed by atoms with Gasteiger partial charge >= 0.3 is 11.9 Å². The van der Waals surface area contributed by atoms with Crippen LogP contribution in [0.1, 0.15) is 277 Å². The van der Waals surface area contributed by atoms with Crippen LogP contribution < -0.4 is 0 Å². The molecule has 0 fully saturated rings. The third-order valence-corrected chi connectivity index (χ3v) is 11.7. The molecule has 0 rings (SSSR count). The highest BCUT2D eigenvalue weighted by Crippen LogP contribution is 2.16. The van der Waals surface area contributed by atoms with E-state index in [4.69, 9.17) is 9.47 Å². The second-order valence-corrected chi connectivity index (χ2v) is 17.6. The average molecular weight is 829 g/mol. The highest BCUT2D eigenvalue weighted by Gasteiger charge is 2.16. The normalized spacial score (nSPS) is 12.4. The van der Waals surface area contributed by atoms with Gasteiger partial charge in [-0.2, -0.15) is 0 Å². The van der Waals surface area contributed by atoms with Crippen molar-refractivity contribution in [3.05, 3.63) is 36.5 Å². The SMILES string of the molecule is CCCCCCC/C=C\C/C=C\CCCCCCCCCCCCCCCCCCCC(=O)OC(CO)COC(=O)CCCCCCC/C=C\CCCCCCCCC. The smallest absolute Gasteiger partial charge is 0.306 e. The number of carbonyl (C=O) groups is 2. The molecular formula is C54H100O5. The van der Waals surface area contributed by atoms with Gasteiger partial charge in [0.1, 0.15) is 6.61 Å². The van der Waals surface area contributed by atoms with Gasteiger partial charge in [0.05, 0.1) is 6.61 Å². The first-order valence-corrected chi connectivity index (χ1v) is 26.0. The second kappa shape index (κ2) is 50.5. The van der Waals surface area contributed by atoms with Gasteiger partial charge < -0.3 is 14.6 Å². The predicted octanol–water partition coefficient (Wildman–Crippen LogP) is 17.1. The third-order valence-electron chi connectivity index (χ3n) is 11.7. The molecule has 0 aromatic carbocycles. The molecular weight excluding hydrogens is 729 g/mol. The molecule has 1 N–H and O–H groups in total. The van der Waals surface area contributed by atoms with E-state index in [0.717, 1.165) is 51.4 Å². The molecule has 0 aliphatic rings. The lowest BCUT2D eigenvalue weighted by Gasteiger charge is -2.15. The van der Waals surface area contributed by atoms with E-state index in [9.17, 15) is 14.7 Å². The molecule has 1 atom stereocenters. The Hall–Kier alpha value is -1.88. The van der Waals surface area contributed by atoms with Crippen molar-refractivity contribution in [1.82, 2.24) is 0 Å². The topological polar surface area (TPSA) is 72.8 Å². The van der Waals surface area contributed by atoms with Gasteiger partial charge in [-0.1, -0.05) is 230 Å². The highest BCUT2D eigenvalue weighted by atomic mass is 16.6. The Labute approximate surface area is 367 Å². The molecule has 5 heteroatoms. The lowest BCUT2D eigenvalue weighted by atomic mass is 10.0. The number of aliphatic hydroxyl groups is 1. The number of unbranched alkanes of at least 4 members (excludes halogenated alkanes) is 34. The molecule has 1 unspecified atom stereocenters. The van der Waals surface area contributed by atoms with E-state index in [0.29, 0.717) is 12.8 Å². The van der Waals surface area contributed by atoms with Crippen LogP contribution in [0.25, 0.3) is 0 Å². The van der Waals surface area contributed by atoms with E-state index in [-0.39, 0.29) is 25.2 Å². The van der Waals surface area contributed by atoms with Crippen LogP contribution in [0.2, 0.25) is 0 Å². The molecule has 0 radical (unpaired) electrons. The van der Waals surface area contributed by atoms with Crippen LogP contribution >= 0.6 is 0 Å². The molecule has 0 saturated carbocycles. The zero-order valence-corrected chi connectivity index (χ0v) is 39.5. The number of carbonyl (C=O) groups excluding carboxylic acids is 2. The number of esters is 2. The Kier molecular flexibility index (Phi) is 48.9. The maximum absolute atomic E-state index is 12.3. The van der Waals surface area contributed by atoms with E-state index in [1.54, 1.807) is 0 Å². The van der Waals surface area contributed by atoms with E-state index < -0.39 is 6.10 Å². The fraction of sp³-hybridized carbons (Fsp3) is 0.852. The minimum Gasteiger partial charge on any atom is -0.462 e. The van der Waals surface area contributed by atoms with Crippen molar-refractivity contribution >= 4 is 11.9 Å². The summed E-state index contributed by atoms with van der Waals surface area (Å²) in [5.41, 5.74) is 0. The van der Waals surface area contributed by atoms with E-state index in [1.807, 2.05) is 0 Å². The summed E-state index contributed by atoms with van der Waals surface area (Å²) in [5, 5.41) is 9.62. The Morgan fingerprint density at radius 2 is 0.678 bits per heavy atom. The minimum absolute atomic E-state index is 0.0666. The predicted molar refractivity (Wildman–Crippen MR) is 256 cm³/mol. The van der Waals surface area contributed by atoms with Crippen molar-refractivity contribution in [2.45, 2.75) is 283 Å². The number of hydrogen-bond donors (Lipinski definition) is 1. The number of rotatable bonds is 48. The average Bonchev–Trinajstić information content (AvgIpc) is 3.24. The van der Waals surface area contributed by atoms with Crippen LogP contribution in [0, 0.1) is 0 Å². The van der Waals surface area contributed by atoms with Gasteiger partial charge in [0, 0.05) is 12.8 Å². The monoisotopic (exact) mass is 829 g/mol. The zero-order chi connectivity index (χ0) is 42.8. The Balaban J connectivity index is 3.45. The van der Waals surface area contributed by atoms with Crippen molar-refractivity contribution in [2.75, 3.05) is 13.2 Å². The van der Waals surface area contributed by atoms with Gasteiger partial charge in [0.15, 0.2) is 6.10 Å². The molecule has 0 amide bonds. The van der Waals surface area contributed by atoms with Crippen molar-refractivity contribution in [3.63, 3.8) is 0 Å². The largest absolute Gasteiger partial charge is 0.462 e. The van der Waals surface area contributed by atoms with Crippen molar-refractivity contribution in [2.24, 2.45) is 0 Å². The molecule has 0 aromatic heterocycles. The van der Waals surface area contributed by atoms with E-state index in [2.05, 4.69) is 50.3 Å².